The van der Waals surface area contributed by atoms with Crippen molar-refractivity contribution in [3.05, 3.63) is 137 Å². The van der Waals surface area contributed by atoms with Crippen molar-refractivity contribution in [2.75, 3.05) is 14.1 Å². The largest absolute Gasteiger partial charge is 0.365 e. The fraction of sp³-hybridized carbons (Fsp3) is 0.286. The van der Waals surface area contributed by atoms with Crippen LogP contribution in [0.1, 0.15) is 69.3 Å². The van der Waals surface area contributed by atoms with Crippen molar-refractivity contribution in [2.45, 2.75) is 51.4 Å². The third kappa shape index (κ3) is 6.43. The molecule has 3 aromatic carbocycles. The van der Waals surface area contributed by atoms with Crippen LogP contribution in [-0.2, 0) is 22.7 Å². The molecule has 0 aliphatic carbocycles. The molecule has 0 radical (unpaired) electrons. The molecule has 4 aromatic rings. The Kier molecular flexibility index (Phi) is 9.10. The minimum absolute atomic E-state index is 0.191. The molecule has 2 amide bonds. The molecule has 1 unspecified atom stereocenters. The molecule has 0 fully saturated rings. The number of hydrogen-bond donors (Lipinski definition) is 0. The zero-order chi connectivity index (χ0) is 29.6. The lowest BCUT2D eigenvalue weighted by atomic mass is 10.00. The van der Waals surface area contributed by atoms with Crippen molar-refractivity contribution in [3.8, 4) is 0 Å². The highest BCUT2D eigenvalue weighted by molar-refractivity contribution is 5.99. The summed E-state index contributed by atoms with van der Waals surface area (Å²) in [6.07, 6.45) is -0.806. The first-order valence-electron chi connectivity index (χ1n) is 14.3. The lowest BCUT2D eigenvalue weighted by Crippen LogP contribution is -2.41. The van der Waals surface area contributed by atoms with E-state index in [1.807, 2.05) is 92.7 Å². The van der Waals surface area contributed by atoms with Gasteiger partial charge in [-0.2, -0.15) is 0 Å². The number of likely N-dealkylation sites (N-methyl/N-ethyl adjacent to an activating group) is 2. The van der Waals surface area contributed by atoms with E-state index in [1.54, 1.807) is 48.2 Å². The molecule has 42 heavy (non-hydrogen) atoms. The van der Waals surface area contributed by atoms with Crippen LogP contribution >= 0.6 is 0 Å². The van der Waals surface area contributed by atoms with Crippen LogP contribution in [-0.4, -0.2) is 52.8 Å². The number of amides is 2. The van der Waals surface area contributed by atoms with Crippen LogP contribution in [0.3, 0.4) is 0 Å². The average Bonchev–Trinajstić information content (AvgIpc) is 3.04. The van der Waals surface area contributed by atoms with E-state index in [9.17, 15) is 9.59 Å². The first-order valence-corrected chi connectivity index (χ1v) is 14.3. The van der Waals surface area contributed by atoms with E-state index in [0.29, 0.717) is 11.1 Å². The van der Waals surface area contributed by atoms with E-state index in [4.69, 9.17) is 14.5 Å². The van der Waals surface area contributed by atoms with Crippen LogP contribution in [0.15, 0.2) is 103 Å². The van der Waals surface area contributed by atoms with Gasteiger partial charge in [0.15, 0.2) is 0 Å². The number of ether oxygens (including phenoxy) is 2. The Morgan fingerprint density at radius 3 is 1.43 bits per heavy atom. The smallest absolute Gasteiger partial charge is 0.253 e. The molecule has 0 N–H and O–H groups in total. The molecule has 5 rings (SSSR count). The summed E-state index contributed by atoms with van der Waals surface area (Å²) in [6.45, 7) is 4.48. The molecule has 0 saturated carbocycles. The SMILES string of the molecule is C[C@H]1C(c2ccccc2)OCc2cccc(n2)CO[C@H](c2ccccc2)[C@H](C)N(C)C(=O)c2cccc(c2)C(=O)N1C. The van der Waals surface area contributed by atoms with Gasteiger partial charge in [0.05, 0.1) is 36.7 Å². The van der Waals surface area contributed by atoms with Crippen molar-refractivity contribution in [1.82, 2.24) is 14.8 Å². The maximum absolute atomic E-state index is 13.7. The highest BCUT2D eigenvalue weighted by atomic mass is 16.5. The van der Waals surface area contributed by atoms with Gasteiger partial charge in [0.25, 0.3) is 11.8 Å². The zero-order valence-corrected chi connectivity index (χ0v) is 24.5. The van der Waals surface area contributed by atoms with E-state index < -0.39 is 12.2 Å². The van der Waals surface area contributed by atoms with Gasteiger partial charge in [0, 0.05) is 25.2 Å². The number of carbonyl (C=O) groups is 2. The van der Waals surface area contributed by atoms with E-state index >= 15 is 0 Å². The summed E-state index contributed by atoms with van der Waals surface area (Å²) in [5.41, 5.74) is 4.34. The van der Waals surface area contributed by atoms with Crippen molar-refractivity contribution >= 4 is 11.8 Å². The number of benzene rings is 3. The molecule has 7 nitrogen and oxygen atoms in total. The lowest BCUT2D eigenvalue weighted by molar-refractivity contribution is -0.0148. The average molecular weight is 564 g/mol. The summed E-state index contributed by atoms with van der Waals surface area (Å²) in [5.74, 6) is -0.381. The Hall–Kier alpha value is -4.33. The van der Waals surface area contributed by atoms with E-state index in [0.717, 1.165) is 22.5 Å². The summed E-state index contributed by atoms with van der Waals surface area (Å²) in [5, 5.41) is 0. The summed E-state index contributed by atoms with van der Waals surface area (Å²) in [7, 11) is 3.54. The van der Waals surface area contributed by atoms with Gasteiger partial charge in [-0.25, -0.2) is 0 Å². The number of nitrogens with zero attached hydrogens (tertiary/aromatic N) is 3. The van der Waals surface area contributed by atoms with Crippen LogP contribution in [0.2, 0.25) is 0 Å². The van der Waals surface area contributed by atoms with Gasteiger partial charge >= 0.3 is 0 Å². The third-order valence-corrected chi connectivity index (χ3v) is 8.04. The monoisotopic (exact) mass is 563 g/mol. The van der Waals surface area contributed by atoms with Crippen LogP contribution in [0.5, 0.6) is 0 Å². The van der Waals surface area contributed by atoms with E-state index in [-0.39, 0.29) is 37.1 Å². The second kappa shape index (κ2) is 13.1. The van der Waals surface area contributed by atoms with Gasteiger partial charge in [-0.15, -0.1) is 0 Å². The molecular weight excluding hydrogens is 526 g/mol. The van der Waals surface area contributed by atoms with E-state index in [2.05, 4.69) is 0 Å². The molecule has 216 valence electrons. The second-order valence-electron chi connectivity index (χ2n) is 10.8. The Labute approximate surface area is 247 Å². The van der Waals surface area contributed by atoms with Crippen molar-refractivity contribution in [2.24, 2.45) is 0 Å². The van der Waals surface area contributed by atoms with Gasteiger partial charge in [-0.3, -0.25) is 14.6 Å². The maximum Gasteiger partial charge on any atom is 0.253 e. The third-order valence-electron chi connectivity index (χ3n) is 8.04. The number of carbonyl (C=O) groups excluding carboxylic acids is 2. The van der Waals surface area contributed by atoms with Gasteiger partial charge in [0.2, 0.25) is 0 Å². The zero-order valence-electron chi connectivity index (χ0n) is 24.5. The summed E-state index contributed by atoms with van der Waals surface area (Å²) in [4.78, 5) is 35.6. The molecule has 7 heteroatoms. The summed E-state index contributed by atoms with van der Waals surface area (Å²) in [6, 6.07) is 31.9. The maximum atomic E-state index is 13.7. The molecule has 0 spiro atoms. The highest BCUT2D eigenvalue weighted by Crippen LogP contribution is 2.29. The minimum atomic E-state index is -0.403. The van der Waals surface area contributed by atoms with Crippen LogP contribution in [0.25, 0.3) is 0 Å². The molecule has 4 atom stereocenters. The number of pyridine rings is 1. The Bertz CT molecular complexity index is 1410. The predicted octanol–water partition coefficient (Wildman–Crippen LogP) is 6.23. The molecule has 1 aliphatic rings. The van der Waals surface area contributed by atoms with Gasteiger partial charge < -0.3 is 19.3 Å². The molecule has 0 saturated heterocycles. The number of rotatable bonds is 2. The molecular formula is C35H37N3O4. The number of fused-ring (bicyclic) bond motifs is 4. The van der Waals surface area contributed by atoms with Gasteiger partial charge in [0.1, 0.15) is 12.2 Å². The first-order chi connectivity index (χ1) is 20.3. The Balaban J connectivity index is 1.55. The van der Waals surface area contributed by atoms with E-state index in [1.165, 1.54) is 0 Å². The normalized spacial score (nSPS) is 22.4. The van der Waals surface area contributed by atoms with Crippen molar-refractivity contribution < 1.29 is 19.1 Å². The van der Waals surface area contributed by atoms with Gasteiger partial charge in [-0.1, -0.05) is 72.8 Å². The van der Waals surface area contributed by atoms with Crippen LogP contribution in [0.4, 0.5) is 0 Å². The Morgan fingerprint density at radius 1 is 0.595 bits per heavy atom. The van der Waals surface area contributed by atoms with Crippen LogP contribution in [0, 0.1) is 0 Å². The molecule has 2 heterocycles. The van der Waals surface area contributed by atoms with Crippen LogP contribution < -0.4 is 0 Å². The number of aromatic nitrogens is 1. The second-order valence-corrected chi connectivity index (χ2v) is 10.8. The Morgan fingerprint density at radius 2 is 1.00 bits per heavy atom. The topological polar surface area (TPSA) is 72.0 Å². The van der Waals surface area contributed by atoms with Crippen molar-refractivity contribution in [3.63, 3.8) is 0 Å². The van der Waals surface area contributed by atoms with Crippen molar-refractivity contribution in [1.29, 1.82) is 0 Å². The highest BCUT2D eigenvalue weighted by Gasteiger charge is 2.30. The predicted molar refractivity (Wildman–Crippen MR) is 162 cm³/mol. The minimum Gasteiger partial charge on any atom is -0.365 e. The quantitative estimate of drug-likeness (QED) is 0.289. The van der Waals surface area contributed by atoms with Gasteiger partial charge in [-0.05, 0) is 55.3 Å². The fourth-order valence-corrected chi connectivity index (χ4v) is 5.32. The molecule has 1 aliphatic heterocycles. The summed E-state index contributed by atoms with van der Waals surface area (Å²) < 4.78 is 13.0. The fourth-order valence-electron chi connectivity index (χ4n) is 5.32. The first kappa shape index (κ1) is 29.2. The molecule has 4 bridgehead atoms. The number of hydrogen-bond acceptors (Lipinski definition) is 5. The standard InChI is InChI=1S/C35H37N3O4/c1-24-32(26-13-7-5-8-14-26)41-22-30-19-12-20-31(36-30)23-42-33(27-15-9-6-10-16-27)25(2)38(4)35(40)29-18-11-17-28(21-29)34(39)37(24)3/h5-21,24-25,32-33H,22-23H2,1-4H3/t24-,25-,32-,33?/m0/s1. The summed E-state index contributed by atoms with van der Waals surface area (Å²) >= 11 is 0. The lowest BCUT2D eigenvalue weighted by Gasteiger charge is -2.33. The molecule has 1 aromatic heterocycles.